The number of nitrogens with one attached hydrogen (secondary N) is 1. The topological polar surface area (TPSA) is 12.0 Å². The molecule has 1 fully saturated rings. The highest BCUT2D eigenvalue weighted by Crippen LogP contribution is 2.17. The molecular formula is C16H24FN. The van der Waals surface area contributed by atoms with Gasteiger partial charge in [0.25, 0.3) is 0 Å². The maximum atomic E-state index is 13.4. The number of aryl methyl sites for hydroxylation is 1. The zero-order chi connectivity index (χ0) is 12.8. The van der Waals surface area contributed by atoms with Crippen LogP contribution >= 0.6 is 0 Å². The molecule has 1 aliphatic carbocycles. The van der Waals surface area contributed by atoms with Gasteiger partial charge in [0, 0.05) is 12.6 Å². The lowest BCUT2D eigenvalue weighted by Crippen LogP contribution is -2.29. The van der Waals surface area contributed by atoms with Crippen molar-refractivity contribution in [2.45, 2.75) is 64.5 Å². The van der Waals surface area contributed by atoms with E-state index < -0.39 is 0 Å². The van der Waals surface area contributed by atoms with Crippen molar-refractivity contribution >= 4 is 0 Å². The Morgan fingerprint density at radius 1 is 1.11 bits per heavy atom. The molecule has 0 aromatic heterocycles. The van der Waals surface area contributed by atoms with Gasteiger partial charge in [0.2, 0.25) is 0 Å². The Bertz CT molecular complexity index is 367. The summed E-state index contributed by atoms with van der Waals surface area (Å²) in [6.07, 6.45) is 9.35. The molecule has 1 nitrogen and oxygen atoms in total. The molecule has 0 atom stereocenters. The second kappa shape index (κ2) is 6.89. The molecule has 0 heterocycles. The monoisotopic (exact) mass is 249 g/mol. The summed E-state index contributed by atoms with van der Waals surface area (Å²) in [7, 11) is 0. The number of benzene rings is 1. The van der Waals surface area contributed by atoms with E-state index in [1.165, 1.54) is 44.9 Å². The van der Waals surface area contributed by atoms with Crippen molar-refractivity contribution in [2.24, 2.45) is 0 Å². The van der Waals surface area contributed by atoms with Gasteiger partial charge in [0.05, 0.1) is 0 Å². The molecule has 0 aliphatic heterocycles. The molecule has 2 rings (SSSR count). The summed E-state index contributed by atoms with van der Waals surface area (Å²) >= 11 is 0. The van der Waals surface area contributed by atoms with E-state index in [1.807, 2.05) is 12.1 Å². The standard InChI is InChI=1S/C16H24FN/c1-13-9-10-14(11-16(13)17)12-18-15-7-5-3-2-4-6-8-15/h9-11,15,18H,2-8,12H2,1H3. The fourth-order valence-corrected chi connectivity index (χ4v) is 2.67. The first-order valence-electron chi connectivity index (χ1n) is 7.24. The molecule has 0 amide bonds. The van der Waals surface area contributed by atoms with E-state index in [-0.39, 0.29) is 5.82 Å². The lowest BCUT2D eigenvalue weighted by molar-refractivity contribution is 0.388. The average molecular weight is 249 g/mol. The smallest absolute Gasteiger partial charge is 0.126 e. The number of rotatable bonds is 3. The van der Waals surface area contributed by atoms with Crippen LogP contribution in [0.1, 0.15) is 56.1 Å². The highest BCUT2D eigenvalue weighted by atomic mass is 19.1. The normalized spacial score (nSPS) is 18.3. The van der Waals surface area contributed by atoms with Gasteiger partial charge in [-0.2, -0.15) is 0 Å². The van der Waals surface area contributed by atoms with Crippen molar-refractivity contribution in [2.75, 3.05) is 0 Å². The third kappa shape index (κ3) is 4.09. The van der Waals surface area contributed by atoms with Gasteiger partial charge in [-0.3, -0.25) is 0 Å². The maximum absolute atomic E-state index is 13.4. The summed E-state index contributed by atoms with van der Waals surface area (Å²) in [6, 6.07) is 6.17. The van der Waals surface area contributed by atoms with E-state index in [0.717, 1.165) is 17.7 Å². The van der Waals surface area contributed by atoms with Gasteiger partial charge in [-0.05, 0) is 37.0 Å². The van der Waals surface area contributed by atoms with Crippen molar-refractivity contribution in [3.63, 3.8) is 0 Å². The predicted molar refractivity (Wildman–Crippen MR) is 74.1 cm³/mol. The van der Waals surface area contributed by atoms with Gasteiger partial charge in [-0.1, -0.05) is 44.2 Å². The second-order valence-corrected chi connectivity index (χ2v) is 5.51. The zero-order valence-corrected chi connectivity index (χ0v) is 11.3. The van der Waals surface area contributed by atoms with Gasteiger partial charge < -0.3 is 5.32 Å². The van der Waals surface area contributed by atoms with Gasteiger partial charge in [0.15, 0.2) is 0 Å². The minimum absolute atomic E-state index is 0.0908. The largest absolute Gasteiger partial charge is 0.310 e. The molecule has 18 heavy (non-hydrogen) atoms. The molecule has 0 saturated heterocycles. The van der Waals surface area contributed by atoms with Crippen LogP contribution in [0.3, 0.4) is 0 Å². The van der Waals surface area contributed by atoms with Crippen molar-refractivity contribution < 1.29 is 4.39 Å². The van der Waals surface area contributed by atoms with E-state index in [9.17, 15) is 4.39 Å². The second-order valence-electron chi connectivity index (χ2n) is 5.51. The highest BCUT2D eigenvalue weighted by molar-refractivity contribution is 5.23. The van der Waals surface area contributed by atoms with E-state index in [1.54, 1.807) is 13.0 Å². The third-order valence-electron chi connectivity index (χ3n) is 3.94. The first-order chi connectivity index (χ1) is 8.75. The molecular weight excluding hydrogens is 225 g/mol. The molecule has 1 aromatic rings. The number of hydrogen-bond acceptors (Lipinski definition) is 1. The van der Waals surface area contributed by atoms with Gasteiger partial charge in [0.1, 0.15) is 5.82 Å². The number of halogens is 1. The summed E-state index contributed by atoms with van der Waals surface area (Å²) in [6.45, 7) is 2.60. The molecule has 1 saturated carbocycles. The van der Waals surface area contributed by atoms with Crippen LogP contribution in [0.5, 0.6) is 0 Å². The lowest BCUT2D eigenvalue weighted by atomic mass is 9.96. The molecule has 0 unspecified atom stereocenters. The first kappa shape index (κ1) is 13.5. The average Bonchev–Trinajstić information content (AvgIpc) is 2.32. The van der Waals surface area contributed by atoms with Gasteiger partial charge >= 0.3 is 0 Å². The number of hydrogen-bond donors (Lipinski definition) is 1. The van der Waals surface area contributed by atoms with Crippen LogP contribution in [0.15, 0.2) is 18.2 Å². The van der Waals surface area contributed by atoms with E-state index in [2.05, 4.69) is 5.32 Å². The van der Waals surface area contributed by atoms with Crippen LogP contribution < -0.4 is 5.32 Å². The molecule has 2 heteroatoms. The molecule has 0 bridgehead atoms. The van der Waals surface area contributed by atoms with Crippen LogP contribution in [-0.4, -0.2) is 6.04 Å². The Morgan fingerprint density at radius 3 is 2.44 bits per heavy atom. The lowest BCUT2D eigenvalue weighted by Gasteiger charge is -2.21. The highest BCUT2D eigenvalue weighted by Gasteiger charge is 2.10. The van der Waals surface area contributed by atoms with Crippen molar-refractivity contribution in [3.05, 3.63) is 35.1 Å². The minimum atomic E-state index is -0.0908. The summed E-state index contributed by atoms with van der Waals surface area (Å²) in [4.78, 5) is 0. The Morgan fingerprint density at radius 2 is 1.78 bits per heavy atom. The Labute approximate surface area is 110 Å². The quantitative estimate of drug-likeness (QED) is 0.840. The molecule has 0 spiro atoms. The fourth-order valence-electron chi connectivity index (χ4n) is 2.67. The molecule has 0 radical (unpaired) electrons. The van der Waals surface area contributed by atoms with Crippen molar-refractivity contribution in [1.82, 2.24) is 5.32 Å². The summed E-state index contributed by atoms with van der Waals surface area (Å²) < 4.78 is 13.4. The Balaban J connectivity index is 1.83. The van der Waals surface area contributed by atoms with Crippen LogP contribution in [0.2, 0.25) is 0 Å². The van der Waals surface area contributed by atoms with E-state index in [4.69, 9.17) is 0 Å². The maximum Gasteiger partial charge on any atom is 0.126 e. The van der Waals surface area contributed by atoms with Crippen molar-refractivity contribution in [3.8, 4) is 0 Å². The van der Waals surface area contributed by atoms with E-state index >= 15 is 0 Å². The summed E-state index contributed by atoms with van der Waals surface area (Å²) in [5, 5.41) is 3.59. The predicted octanol–water partition coefficient (Wildman–Crippen LogP) is 4.34. The Hall–Kier alpha value is -0.890. The van der Waals surface area contributed by atoms with E-state index in [0.29, 0.717) is 6.04 Å². The Kier molecular flexibility index (Phi) is 5.18. The summed E-state index contributed by atoms with van der Waals surface area (Å²) in [5.41, 5.74) is 1.78. The van der Waals surface area contributed by atoms with Crippen molar-refractivity contribution in [1.29, 1.82) is 0 Å². The third-order valence-corrected chi connectivity index (χ3v) is 3.94. The molecule has 1 aliphatic rings. The van der Waals surface area contributed by atoms with Crippen LogP contribution in [0.4, 0.5) is 4.39 Å². The molecule has 1 N–H and O–H groups in total. The fraction of sp³-hybridized carbons (Fsp3) is 0.625. The van der Waals surface area contributed by atoms with Crippen LogP contribution in [-0.2, 0) is 6.54 Å². The van der Waals surface area contributed by atoms with Gasteiger partial charge in [-0.25, -0.2) is 4.39 Å². The molecule has 100 valence electrons. The van der Waals surface area contributed by atoms with Crippen LogP contribution in [0.25, 0.3) is 0 Å². The first-order valence-corrected chi connectivity index (χ1v) is 7.24. The SMILES string of the molecule is Cc1ccc(CNC2CCCCCCC2)cc1F. The molecule has 1 aromatic carbocycles. The summed E-state index contributed by atoms with van der Waals surface area (Å²) in [5.74, 6) is -0.0908. The van der Waals surface area contributed by atoms with Crippen LogP contribution in [0, 0.1) is 12.7 Å². The van der Waals surface area contributed by atoms with Gasteiger partial charge in [-0.15, -0.1) is 0 Å². The minimum Gasteiger partial charge on any atom is -0.310 e. The zero-order valence-electron chi connectivity index (χ0n) is 11.3.